The summed E-state index contributed by atoms with van der Waals surface area (Å²) in [6.07, 6.45) is 1.22. The average Bonchev–Trinajstić information content (AvgIpc) is 2.31. The van der Waals surface area contributed by atoms with Crippen molar-refractivity contribution in [1.29, 1.82) is 0 Å². The Bertz CT molecular complexity index is 585. The molecule has 1 heterocycles. The smallest absolute Gasteiger partial charge is 0.168 e. The third-order valence-electron chi connectivity index (χ3n) is 2.55. The lowest BCUT2D eigenvalue weighted by Gasteiger charge is -2.08. The first kappa shape index (κ1) is 11.9. The molecule has 2 aromatic rings. The van der Waals surface area contributed by atoms with Crippen molar-refractivity contribution in [1.82, 2.24) is 9.97 Å². The lowest BCUT2D eigenvalue weighted by molar-refractivity contribution is 0.505. The molecular formula is C12H9ClF2N2. The fourth-order valence-corrected chi connectivity index (χ4v) is 1.66. The molecule has 1 aromatic heterocycles. The molecule has 0 bridgehead atoms. The zero-order chi connectivity index (χ0) is 12.6. The maximum Gasteiger partial charge on any atom is 0.168 e. The lowest BCUT2D eigenvalue weighted by atomic mass is 10.0. The van der Waals surface area contributed by atoms with Crippen LogP contribution in [0.3, 0.4) is 0 Å². The lowest BCUT2D eigenvalue weighted by Crippen LogP contribution is -1.98. The molecule has 88 valence electrons. The average molecular weight is 255 g/mol. The SMILES string of the molecule is Cc1ccc(-c2ncnc(Cl)c2C)c(F)c1F. The molecule has 2 rings (SSSR count). The molecule has 0 amide bonds. The molecule has 17 heavy (non-hydrogen) atoms. The van der Waals surface area contributed by atoms with E-state index >= 15 is 0 Å². The third-order valence-corrected chi connectivity index (χ3v) is 2.93. The van der Waals surface area contributed by atoms with E-state index < -0.39 is 11.6 Å². The second-order valence-electron chi connectivity index (χ2n) is 3.70. The van der Waals surface area contributed by atoms with Gasteiger partial charge in [0.25, 0.3) is 0 Å². The number of rotatable bonds is 1. The summed E-state index contributed by atoms with van der Waals surface area (Å²) in [6.45, 7) is 3.16. The Morgan fingerprint density at radius 3 is 2.47 bits per heavy atom. The van der Waals surface area contributed by atoms with Crippen LogP contribution in [0.15, 0.2) is 18.5 Å². The van der Waals surface area contributed by atoms with Crippen LogP contribution in [0.4, 0.5) is 8.78 Å². The molecule has 0 saturated carbocycles. The Morgan fingerprint density at radius 1 is 1.06 bits per heavy atom. The molecular weight excluding hydrogens is 246 g/mol. The van der Waals surface area contributed by atoms with Crippen LogP contribution in [0.5, 0.6) is 0 Å². The highest BCUT2D eigenvalue weighted by Gasteiger charge is 2.16. The number of aryl methyl sites for hydroxylation is 1. The van der Waals surface area contributed by atoms with Crippen LogP contribution < -0.4 is 0 Å². The van der Waals surface area contributed by atoms with E-state index in [-0.39, 0.29) is 16.3 Å². The summed E-state index contributed by atoms with van der Waals surface area (Å²) < 4.78 is 27.2. The molecule has 0 aliphatic heterocycles. The van der Waals surface area contributed by atoms with Gasteiger partial charge in [-0.2, -0.15) is 0 Å². The van der Waals surface area contributed by atoms with Gasteiger partial charge in [-0.1, -0.05) is 17.7 Å². The maximum absolute atomic E-state index is 13.8. The van der Waals surface area contributed by atoms with Crippen LogP contribution in [0, 0.1) is 25.5 Å². The van der Waals surface area contributed by atoms with Gasteiger partial charge < -0.3 is 0 Å². The molecule has 5 heteroatoms. The van der Waals surface area contributed by atoms with Crippen LogP contribution in [-0.2, 0) is 0 Å². The summed E-state index contributed by atoms with van der Waals surface area (Å²) in [5.41, 5.74) is 1.18. The fraction of sp³-hybridized carbons (Fsp3) is 0.167. The zero-order valence-corrected chi connectivity index (χ0v) is 10.0. The van der Waals surface area contributed by atoms with E-state index in [9.17, 15) is 8.78 Å². The van der Waals surface area contributed by atoms with Crippen LogP contribution in [-0.4, -0.2) is 9.97 Å². The van der Waals surface area contributed by atoms with Crippen molar-refractivity contribution in [3.63, 3.8) is 0 Å². The van der Waals surface area contributed by atoms with Crippen molar-refractivity contribution in [2.24, 2.45) is 0 Å². The monoisotopic (exact) mass is 254 g/mol. The normalized spacial score (nSPS) is 10.6. The molecule has 0 fully saturated rings. The van der Waals surface area contributed by atoms with Gasteiger partial charge in [-0.05, 0) is 25.5 Å². The Kier molecular flexibility index (Phi) is 3.07. The van der Waals surface area contributed by atoms with Gasteiger partial charge in [0.05, 0.1) is 5.69 Å². The topological polar surface area (TPSA) is 25.8 Å². The molecule has 0 atom stereocenters. The fourth-order valence-electron chi connectivity index (χ4n) is 1.53. The standard InChI is InChI=1S/C12H9ClF2N2/c1-6-3-4-8(10(15)9(6)14)11-7(2)12(13)17-5-16-11/h3-5H,1-2H3. The third kappa shape index (κ3) is 2.00. The largest absolute Gasteiger partial charge is 0.236 e. The number of aromatic nitrogens is 2. The van der Waals surface area contributed by atoms with Gasteiger partial charge >= 0.3 is 0 Å². The van der Waals surface area contributed by atoms with Crippen molar-refractivity contribution < 1.29 is 8.78 Å². The molecule has 2 nitrogen and oxygen atoms in total. The highest BCUT2D eigenvalue weighted by Crippen LogP contribution is 2.28. The Balaban J connectivity index is 2.69. The molecule has 0 radical (unpaired) electrons. The zero-order valence-electron chi connectivity index (χ0n) is 9.26. The number of halogens is 3. The van der Waals surface area contributed by atoms with Crippen LogP contribution in [0.1, 0.15) is 11.1 Å². The van der Waals surface area contributed by atoms with Crippen LogP contribution >= 0.6 is 11.6 Å². The minimum atomic E-state index is -0.914. The summed E-state index contributed by atoms with van der Waals surface area (Å²) in [7, 11) is 0. The minimum absolute atomic E-state index is 0.0925. The minimum Gasteiger partial charge on any atom is -0.236 e. The number of hydrogen-bond acceptors (Lipinski definition) is 2. The van der Waals surface area contributed by atoms with E-state index in [1.165, 1.54) is 25.4 Å². The van der Waals surface area contributed by atoms with Gasteiger partial charge in [-0.25, -0.2) is 18.7 Å². The molecule has 1 aromatic carbocycles. The summed E-state index contributed by atoms with van der Waals surface area (Å²) in [4.78, 5) is 7.71. The van der Waals surface area contributed by atoms with Crippen molar-refractivity contribution in [3.8, 4) is 11.3 Å². The predicted molar refractivity (Wildman–Crippen MR) is 61.9 cm³/mol. The van der Waals surface area contributed by atoms with Crippen molar-refractivity contribution in [2.45, 2.75) is 13.8 Å². The molecule has 0 saturated heterocycles. The van der Waals surface area contributed by atoms with Gasteiger partial charge in [0.1, 0.15) is 11.5 Å². The van der Waals surface area contributed by atoms with E-state index in [1.54, 1.807) is 6.92 Å². The van der Waals surface area contributed by atoms with Gasteiger partial charge in [-0.15, -0.1) is 0 Å². The molecule has 0 unspecified atom stereocenters. The maximum atomic E-state index is 13.8. The quantitative estimate of drug-likeness (QED) is 0.726. The summed E-state index contributed by atoms with van der Waals surface area (Å²) >= 11 is 5.82. The first-order chi connectivity index (χ1) is 8.02. The number of benzene rings is 1. The van der Waals surface area contributed by atoms with Crippen molar-refractivity contribution in [3.05, 3.63) is 46.4 Å². The van der Waals surface area contributed by atoms with Crippen LogP contribution in [0.25, 0.3) is 11.3 Å². The van der Waals surface area contributed by atoms with Gasteiger partial charge in [0.15, 0.2) is 11.6 Å². The molecule has 0 spiro atoms. The summed E-state index contributed by atoms with van der Waals surface area (Å²) in [5.74, 6) is -1.78. The van der Waals surface area contributed by atoms with Crippen molar-refractivity contribution in [2.75, 3.05) is 0 Å². The van der Waals surface area contributed by atoms with E-state index in [4.69, 9.17) is 11.6 Å². The highest BCUT2D eigenvalue weighted by atomic mass is 35.5. The molecule has 0 aliphatic carbocycles. The summed E-state index contributed by atoms with van der Waals surface area (Å²) in [5, 5.41) is 0.232. The highest BCUT2D eigenvalue weighted by molar-refractivity contribution is 6.30. The summed E-state index contributed by atoms with van der Waals surface area (Å²) in [6, 6.07) is 2.99. The van der Waals surface area contributed by atoms with E-state index in [1.807, 2.05) is 0 Å². The van der Waals surface area contributed by atoms with Crippen LogP contribution in [0.2, 0.25) is 5.15 Å². The predicted octanol–water partition coefficient (Wildman–Crippen LogP) is 3.69. The molecule has 0 N–H and O–H groups in total. The Hall–Kier alpha value is -1.55. The second kappa shape index (κ2) is 4.37. The first-order valence-corrected chi connectivity index (χ1v) is 5.32. The first-order valence-electron chi connectivity index (χ1n) is 4.94. The molecule has 0 aliphatic rings. The Morgan fingerprint density at radius 2 is 1.76 bits per heavy atom. The Labute approximate surface area is 102 Å². The van der Waals surface area contributed by atoms with E-state index in [2.05, 4.69) is 9.97 Å². The second-order valence-corrected chi connectivity index (χ2v) is 4.05. The van der Waals surface area contributed by atoms with Gasteiger partial charge in [0.2, 0.25) is 0 Å². The number of hydrogen-bond donors (Lipinski definition) is 0. The van der Waals surface area contributed by atoms with Crippen molar-refractivity contribution >= 4 is 11.6 Å². The van der Waals surface area contributed by atoms with Gasteiger partial charge in [0, 0.05) is 11.1 Å². The van der Waals surface area contributed by atoms with Gasteiger partial charge in [-0.3, -0.25) is 0 Å². The number of nitrogens with zero attached hydrogens (tertiary/aromatic N) is 2. The van der Waals surface area contributed by atoms with E-state index in [0.29, 0.717) is 11.3 Å². The van der Waals surface area contributed by atoms with E-state index in [0.717, 1.165) is 0 Å².